The van der Waals surface area contributed by atoms with Crippen molar-refractivity contribution in [2.24, 2.45) is 5.92 Å². The summed E-state index contributed by atoms with van der Waals surface area (Å²) >= 11 is 0. The second kappa shape index (κ2) is 11.0. The lowest BCUT2D eigenvalue weighted by Gasteiger charge is -2.30. The Hall–Kier alpha value is -4.21. The van der Waals surface area contributed by atoms with E-state index in [9.17, 15) is 23.5 Å². The number of fused-ring (bicyclic) bond motifs is 1. The van der Waals surface area contributed by atoms with E-state index in [0.29, 0.717) is 42.6 Å². The van der Waals surface area contributed by atoms with Crippen LogP contribution in [0.5, 0.6) is 11.6 Å². The first kappa shape index (κ1) is 25.4. The van der Waals surface area contributed by atoms with Gasteiger partial charge in [0.05, 0.1) is 23.8 Å². The number of nitrogens with zero attached hydrogens (tertiary/aromatic N) is 2. The van der Waals surface area contributed by atoms with Crippen molar-refractivity contribution in [2.45, 2.75) is 38.2 Å². The first-order valence-electron chi connectivity index (χ1n) is 12.5. The number of aromatic nitrogens is 1. The molecule has 2 atom stereocenters. The third-order valence-electron chi connectivity index (χ3n) is 6.86. The molecular formula is C28H27F2N3O5. The van der Waals surface area contributed by atoms with Gasteiger partial charge in [0.15, 0.2) is 0 Å². The Labute approximate surface area is 218 Å². The fourth-order valence-electron chi connectivity index (χ4n) is 4.81. The van der Waals surface area contributed by atoms with Crippen molar-refractivity contribution in [3.05, 3.63) is 66.4 Å². The highest BCUT2D eigenvalue weighted by atomic mass is 19.1. The lowest BCUT2D eigenvalue weighted by Crippen LogP contribution is -2.40. The summed E-state index contributed by atoms with van der Waals surface area (Å²) in [7, 11) is 0. The molecule has 1 fully saturated rings. The maximum atomic E-state index is 14.0. The van der Waals surface area contributed by atoms with Gasteiger partial charge in [-0.05, 0) is 68.0 Å². The Morgan fingerprint density at radius 1 is 1.03 bits per heavy atom. The van der Waals surface area contributed by atoms with E-state index in [4.69, 9.17) is 9.47 Å². The molecule has 8 nitrogen and oxygen atoms in total. The first-order valence-corrected chi connectivity index (χ1v) is 12.5. The quantitative estimate of drug-likeness (QED) is 0.406. The van der Waals surface area contributed by atoms with Crippen molar-refractivity contribution in [3.63, 3.8) is 0 Å². The number of carboxylic acid groups (broad SMARTS) is 1. The Kier molecular flexibility index (Phi) is 7.39. The molecule has 0 spiro atoms. The van der Waals surface area contributed by atoms with Crippen molar-refractivity contribution in [3.8, 4) is 22.8 Å². The summed E-state index contributed by atoms with van der Waals surface area (Å²) in [5, 5.41) is 11.7. The predicted octanol–water partition coefficient (Wildman–Crippen LogP) is 5.87. The van der Waals surface area contributed by atoms with Crippen LogP contribution in [0, 0.1) is 17.6 Å². The summed E-state index contributed by atoms with van der Waals surface area (Å²) in [5.74, 6) is -1.65. The molecule has 0 radical (unpaired) electrons. The van der Waals surface area contributed by atoms with Crippen molar-refractivity contribution in [1.82, 2.24) is 4.98 Å². The van der Waals surface area contributed by atoms with Gasteiger partial charge in [-0.1, -0.05) is 6.07 Å². The number of anilines is 2. The van der Waals surface area contributed by atoms with Crippen LogP contribution in [0.25, 0.3) is 11.1 Å². The van der Waals surface area contributed by atoms with Crippen LogP contribution < -0.4 is 19.7 Å². The van der Waals surface area contributed by atoms with Crippen molar-refractivity contribution in [1.29, 1.82) is 0 Å². The zero-order valence-electron chi connectivity index (χ0n) is 20.5. The van der Waals surface area contributed by atoms with E-state index in [0.717, 1.165) is 30.0 Å². The van der Waals surface area contributed by atoms with Crippen LogP contribution in [0.15, 0.2) is 54.7 Å². The number of ether oxygens (including phenoxy) is 2. The topological polar surface area (TPSA) is 101 Å². The molecule has 0 saturated heterocycles. The Morgan fingerprint density at radius 2 is 1.87 bits per heavy atom. The number of aliphatic carboxylic acids is 1. The zero-order chi connectivity index (χ0) is 26.6. The van der Waals surface area contributed by atoms with Gasteiger partial charge in [-0.2, -0.15) is 0 Å². The lowest BCUT2D eigenvalue weighted by molar-refractivity contribution is -0.142. The molecule has 5 rings (SSSR count). The normalized spacial score (nSPS) is 19.1. The van der Waals surface area contributed by atoms with E-state index in [1.54, 1.807) is 18.3 Å². The highest BCUT2D eigenvalue weighted by Crippen LogP contribution is 2.36. The molecule has 38 heavy (non-hydrogen) atoms. The van der Waals surface area contributed by atoms with Crippen LogP contribution in [0.3, 0.4) is 0 Å². The van der Waals surface area contributed by atoms with Gasteiger partial charge in [-0.25, -0.2) is 18.6 Å². The highest BCUT2D eigenvalue weighted by Gasteiger charge is 2.26. The second-order valence-corrected chi connectivity index (χ2v) is 9.41. The molecular weight excluding hydrogens is 496 g/mol. The number of rotatable bonds is 5. The molecule has 10 heteroatoms. The summed E-state index contributed by atoms with van der Waals surface area (Å²) in [6.45, 7) is 0.522. The van der Waals surface area contributed by atoms with Crippen LogP contribution in [-0.2, 0) is 4.79 Å². The molecule has 1 aliphatic carbocycles. The standard InChI is InChI=1S/C28H27F2N3O5/c29-20-7-9-23(22(30)15-20)32-28(36)33-12-13-37-25-14-18(5-10-24(25)33)19-6-11-26(31-16-19)38-21-3-1-2-17(4-8-21)27(34)35/h5-7,9-11,14-17,21H,1-4,8,12-13H2,(H,32,36)(H,34,35). The molecule has 1 aromatic heterocycles. The van der Waals surface area contributed by atoms with Gasteiger partial charge in [-0.3, -0.25) is 9.69 Å². The Balaban J connectivity index is 1.26. The predicted molar refractivity (Wildman–Crippen MR) is 137 cm³/mol. The van der Waals surface area contributed by atoms with E-state index in [1.165, 1.54) is 11.0 Å². The van der Waals surface area contributed by atoms with Crippen LogP contribution in [0.4, 0.5) is 25.0 Å². The summed E-state index contributed by atoms with van der Waals surface area (Å²) in [4.78, 5) is 30.0. The molecule has 198 valence electrons. The molecule has 2 aromatic carbocycles. The summed E-state index contributed by atoms with van der Waals surface area (Å²) in [5.41, 5.74) is 2.07. The minimum atomic E-state index is -0.856. The lowest BCUT2D eigenvalue weighted by atomic mass is 10.0. The molecule has 2 amide bonds. The number of carbonyl (C=O) groups excluding carboxylic acids is 1. The first-order chi connectivity index (χ1) is 18.4. The maximum absolute atomic E-state index is 14.0. The molecule has 3 aromatic rings. The summed E-state index contributed by atoms with van der Waals surface area (Å²) in [6.07, 6.45) is 5.19. The SMILES string of the molecule is O=C(O)C1CCCC(Oc2ccc(-c3ccc4c(c3)OCCN4C(=O)Nc3ccc(F)cc3F)cn2)CC1. The van der Waals surface area contributed by atoms with Crippen molar-refractivity contribution < 1.29 is 33.0 Å². The third-order valence-corrected chi connectivity index (χ3v) is 6.86. The van der Waals surface area contributed by atoms with Gasteiger partial charge >= 0.3 is 12.0 Å². The fourth-order valence-corrected chi connectivity index (χ4v) is 4.81. The molecule has 2 unspecified atom stereocenters. The molecule has 2 heterocycles. The van der Waals surface area contributed by atoms with Crippen LogP contribution in [-0.4, -0.2) is 41.3 Å². The average molecular weight is 524 g/mol. The molecule has 0 bridgehead atoms. The van der Waals surface area contributed by atoms with Gasteiger partial charge < -0.3 is 19.9 Å². The second-order valence-electron chi connectivity index (χ2n) is 9.41. The minimum absolute atomic E-state index is 0.0599. The number of urea groups is 1. The monoisotopic (exact) mass is 523 g/mol. The zero-order valence-corrected chi connectivity index (χ0v) is 20.5. The largest absolute Gasteiger partial charge is 0.490 e. The van der Waals surface area contributed by atoms with E-state index < -0.39 is 23.6 Å². The fraction of sp³-hybridized carbons (Fsp3) is 0.321. The third kappa shape index (κ3) is 5.69. The van der Waals surface area contributed by atoms with E-state index in [2.05, 4.69) is 10.3 Å². The van der Waals surface area contributed by atoms with E-state index in [-0.39, 0.29) is 30.9 Å². The molecule has 1 saturated carbocycles. The van der Waals surface area contributed by atoms with Gasteiger partial charge in [0, 0.05) is 23.9 Å². The summed E-state index contributed by atoms with van der Waals surface area (Å²) < 4.78 is 39.0. The number of nitrogens with one attached hydrogen (secondary N) is 1. The van der Waals surface area contributed by atoms with E-state index in [1.807, 2.05) is 18.2 Å². The van der Waals surface area contributed by atoms with Gasteiger partial charge in [0.2, 0.25) is 5.88 Å². The van der Waals surface area contributed by atoms with Gasteiger partial charge in [0.25, 0.3) is 0 Å². The number of amides is 2. The van der Waals surface area contributed by atoms with Gasteiger partial charge in [-0.15, -0.1) is 0 Å². The molecule has 1 aliphatic heterocycles. The number of carbonyl (C=O) groups is 2. The number of benzene rings is 2. The number of carboxylic acids is 1. The van der Waals surface area contributed by atoms with E-state index >= 15 is 0 Å². The Morgan fingerprint density at radius 3 is 2.63 bits per heavy atom. The minimum Gasteiger partial charge on any atom is -0.490 e. The smallest absolute Gasteiger partial charge is 0.326 e. The average Bonchev–Trinajstić information content (AvgIpc) is 3.16. The molecule has 2 aliphatic rings. The highest BCUT2D eigenvalue weighted by molar-refractivity contribution is 6.03. The maximum Gasteiger partial charge on any atom is 0.326 e. The summed E-state index contributed by atoms with van der Waals surface area (Å²) in [6, 6.07) is 11.5. The van der Waals surface area contributed by atoms with Crippen LogP contribution in [0.2, 0.25) is 0 Å². The molecule has 2 N–H and O–H groups in total. The number of hydrogen-bond donors (Lipinski definition) is 2. The number of pyridine rings is 1. The van der Waals surface area contributed by atoms with Crippen molar-refractivity contribution >= 4 is 23.4 Å². The van der Waals surface area contributed by atoms with Gasteiger partial charge in [0.1, 0.15) is 30.1 Å². The van der Waals surface area contributed by atoms with Crippen molar-refractivity contribution in [2.75, 3.05) is 23.4 Å². The number of hydrogen-bond acceptors (Lipinski definition) is 5. The number of halogens is 2. The van der Waals surface area contributed by atoms with Crippen LogP contribution in [0.1, 0.15) is 32.1 Å². The Bertz CT molecular complexity index is 1330. The van der Waals surface area contributed by atoms with Crippen LogP contribution >= 0.6 is 0 Å².